The van der Waals surface area contributed by atoms with Gasteiger partial charge in [0.1, 0.15) is 0 Å². The Hall–Kier alpha value is -0.610. The Balaban J connectivity index is 2.17. The van der Waals surface area contributed by atoms with E-state index in [1.165, 1.54) is 0 Å². The summed E-state index contributed by atoms with van der Waals surface area (Å²) in [5, 5.41) is 0. The van der Waals surface area contributed by atoms with Crippen LogP contribution >= 0.6 is 0 Å². The smallest absolute Gasteiger partial charge is 0.240 e. The summed E-state index contributed by atoms with van der Waals surface area (Å²) in [6.45, 7) is 13.1. The molecule has 0 aliphatic carbocycles. The number of carbonyl (C=O) groups excluding carboxylic acids is 1. The van der Waals surface area contributed by atoms with Crippen LogP contribution in [-0.4, -0.2) is 59.1 Å². The van der Waals surface area contributed by atoms with Crippen molar-refractivity contribution in [1.29, 1.82) is 0 Å². The van der Waals surface area contributed by atoms with Gasteiger partial charge in [-0.2, -0.15) is 0 Å². The minimum atomic E-state index is -0.0488. The highest BCUT2D eigenvalue weighted by Crippen LogP contribution is 2.29. The number of rotatable bonds is 2. The summed E-state index contributed by atoms with van der Waals surface area (Å²) < 4.78 is 5.76. The zero-order valence-electron chi connectivity index (χ0n) is 13.0. The minimum Gasteiger partial charge on any atom is -0.375 e. The molecule has 0 N–H and O–H groups in total. The third kappa shape index (κ3) is 2.95. The molecule has 2 atom stereocenters. The predicted octanol–water partition coefficient (Wildman–Crippen LogP) is 1.89. The lowest BCUT2D eigenvalue weighted by atomic mass is 9.93. The highest BCUT2D eigenvalue weighted by molar-refractivity contribution is 5.83. The molecule has 4 heteroatoms. The second kappa shape index (κ2) is 5.41. The van der Waals surface area contributed by atoms with Crippen molar-refractivity contribution in [2.75, 3.05) is 19.7 Å². The van der Waals surface area contributed by atoms with E-state index in [1.807, 2.05) is 4.90 Å². The monoisotopic (exact) mass is 268 g/mol. The van der Waals surface area contributed by atoms with Crippen molar-refractivity contribution < 1.29 is 9.53 Å². The van der Waals surface area contributed by atoms with Crippen LogP contribution in [0.5, 0.6) is 0 Å². The number of piperidine rings is 1. The number of ether oxygens (including phenoxy) is 1. The molecule has 2 aliphatic heterocycles. The van der Waals surface area contributed by atoms with Crippen molar-refractivity contribution in [3.63, 3.8) is 0 Å². The molecule has 0 unspecified atom stereocenters. The number of amides is 1. The molecule has 0 spiro atoms. The summed E-state index contributed by atoms with van der Waals surface area (Å²) in [5.74, 6) is 0.309. The summed E-state index contributed by atoms with van der Waals surface area (Å²) in [4.78, 5) is 17.1. The van der Waals surface area contributed by atoms with E-state index >= 15 is 0 Å². The first-order chi connectivity index (χ1) is 8.83. The van der Waals surface area contributed by atoms with E-state index in [-0.39, 0.29) is 17.7 Å². The average molecular weight is 268 g/mol. The second-order valence-corrected chi connectivity index (χ2v) is 6.87. The Bertz CT molecular complexity index is 341. The van der Waals surface area contributed by atoms with Crippen LogP contribution < -0.4 is 0 Å². The fourth-order valence-corrected chi connectivity index (χ4v) is 3.24. The normalized spacial score (nSPS) is 32.9. The number of carbonyl (C=O) groups is 1. The van der Waals surface area contributed by atoms with Crippen LogP contribution in [-0.2, 0) is 9.53 Å². The lowest BCUT2D eigenvalue weighted by molar-refractivity contribution is -0.156. The summed E-state index contributed by atoms with van der Waals surface area (Å²) in [6.07, 6.45) is 2.31. The van der Waals surface area contributed by atoms with Gasteiger partial charge in [0.15, 0.2) is 0 Å². The largest absolute Gasteiger partial charge is 0.375 e. The molecule has 0 aromatic rings. The Labute approximate surface area is 117 Å². The van der Waals surface area contributed by atoms with Gasteiger partial charge in [0.25, 0.3) is 0 Å². The third-order valence-corrected chi connectivity index (χ3v) is 4.40. The molecule has 110 valence electrons. The first-order valence-electron chi connectivity index (χ1n) is 7.52. The molecule has 4 nitrogen and oxygen atoms in total. The average Bonchev–Trinajstić information content (AvgIpc) is 2.33. The van der Waals surface area contributed by atoms with Crippen molar-refractivity contribution in [1.82, 2.24) is 9.80 Å². The van der Waals surface area contributed by atoms with E-state index < -0.39 is 0 Å². The molecule has 0 saturated carbocycles. The van der Waals surface area contributed by atoms with Gasteiger partial charge >= 0.3 is 0 Å². The molecule has 2 fully saturated rings. The van der Waals surface area contributed by atoms with Gasteiger partial charge < -0.3 is 9.64 Å². The zero-order chi connectivity index (χ0) is 14.2. The Morgan fingerprint density at radius 3 is 2.68 bits per heavy atom. The standard InChI is InChI=1S/C15H28N2O2/c1-11(2)16-8-6-7-13(14(16)18)17-9-12(3)19-10-15(17,4)5/h11-13H,6-10H2,1-5H3/t12-,13-/m0/s1. The lowest BCUT2D eigenvalue weighted by Crippen LogP contribution is -2.64. The summed E-state index contributed by atoms with van der Waals surface area (Å²) in [7, 11) is 0. The third-order valence-electron chi connectivity index (χ3n) is 4.40. The van der Waals surface area contributed by atoms with Crippen LogP contribution in [0.4, 0.5) is 0 Å². The zero-order valence-corrected chi connectivity index (χ0v) is 13.0. The van der Waals surface area contributed by atoms with Crippen molar-refractivity contribution in [3.8, 4) is 0 Å². The first-order valence-corrected chi connectivity index (χ1v) is 7.52. The molecule has 2 heterocycles. The number of morpholine rings is 1. The second-order valence-electron chi connectivity index (χ2n) is 6.87. The van der Waals surface area contributed by atoms with Gasteiger partial charge in [-0.05, 0) is 47.5 Å². The molecular formula is C15H28N2O2. The van der Waals surface area contributed by atoms with Gasteiger partial charge in [-0.1, -0.05) is 0 Å². The van der Waals surface area contributed by atoms with Gasteiger partial charge in [0.2, 0.25) is 5.91 Å². The molecular weight excluding hydrogens is 240 g/mol. The molecule has 0 aromatic carbocycles. The maximum atomic E-state index is 12.7. The highest BCUT2D eigenvalue weighted by Gasteiger charge is 2.43. The van der Waals surface area contributed by atoms with E-state index in [9.17, 15) is 4.79 Å². The Morgan fingerprint density at radius 1 is 1.37 bits per heavy atom. The van der Waals surface area contributed by atoms with Gasteiger partial charge in [-0.15, -0.1) is 0 Å². The van der Waals surface area contributed by atoms with Crippen LogP contribution in [0.25, 0.3) is 0 Å². The molecule has 2 saturated heterocycles. The number of likely N-dealkylation sites (tertiary alicyclic amines) is 1. The number of hydrogen-bond donors (Lipinski definition) is 0. The van der Waals surface area contributed by atoms with Crippen LogP contribution in [0.15, 0.2) is 0 Å². The van der Waals surface area contributed by atoms with Gasteiger partial charge in [0, 0.05) is 24.7 Å². The molecule has 2 rings (SSSR count). The van der Waals surface area contributed by atoms with Crippen LogP contribution in [0.1, 0.15) is 47.5 Å². The van der Waals surface area contributed by atoms with E-state index in [0.717, 1.165) is 25.9 Å². The molecule has 0 bridgehead atoms. The van der Waals surface area contributed by atoms with Crippen molar-refractivity contribution in [2.45, 2.75) is 71.2 Å². The van der Waals surface area contributed by atoms with E-state index in [2.05, 4.69) is 39.5 Å². The van der Waals surface area contributed by atoms with Gasteiger partial charge in [-0.25, -0.2) is 0 Å². The summed E-state index contributed by atoms with van der Waals surface area (Å²) in [5.41, 5.74) is -0.0488. The quantitative estimate of drug-likeness (QED) is 0.766. The molecule has 0 radical (unpaired) electrons. The van der Waals surface area contributed by atoms with Crippen molar-refractivity contribution in [2.24, 2.45) is 0 Å². The molecule has 2 aliphatic rings. The lowest BCUT2D eigenvalue weighted by Gasteiger charge is -2.50. The fraction of sp³-hybridized carbons (Fsp3) is 0.933. The van der Waals surface area contributed by atoms with Gasteiger partial charge in [-0.3, -0.25) is 9.69 Å². The van der Waals surface area contributed by atoms with Gasteiger partial charge in [0.05, 0.1) is 18.8 Å². The summed E-state index contributed by atoms with van der Waals surface area (Å²) in [6, 6.07) is 0.342. The van der Waals surface area contributed by atoms with E-state index in [0.29, 0.717) is 18.6 Å². The Kier molecular flexibility index (Phi) is 4.21. The fourth-order valence-electron chi connectivity index (χ4n) is 3.24. The predicted molar refractivity (Wildman–Crippen MR) is 76.1 cm³/mol. The minimum absolute atomic E-state index is 0.0394. The number of hydrogen-bond acceptors (Lipinski definition) is 3. The maximum Gasteiger partial charge on any atom is 0.240 e. The first kappa shape index (κ1) is 14.8. The maximum absolute atomic E-state index is 12.7. The topological polar surface area (TPSA) is 32.8 Å². The van der Waals surface area contributed by atoms with E-state index in [4.69, 9.17) is 4.74 Å². The molecule has 0 aromatic heterocycles. The Morgan fingerprint density at radius 2 is 2.05 bits per heavy atom. The summed E-state index contributed by atoms with van der Waals surface area (Å²) >= 11 is 0. The van der Waals surface area contributed by atoms with Crippen molar-refractivity contribution in [3.05, 3.63) is 0 Å². The SMILES string of the molecule is CC(C)N1CCC[C@H](N2C[C@H](C)OCC2(C)C)C1=O. The molecule has 1 amide bonds. The van der Waals surface area contributed by atoms with E-state index in [1.54, 1.807) is 0 Å². The van der Waals surface area contributed by atoms with Crippen LogP contribution in [0.3, 0.4) is 0 Å². The molecule has 19 heavy (non-hydrogen) atoms. The number of nitrogens with zero attached hydrogens (tertiary/aromatic N) is 2. The highest BCUT2D eigenvalue weighted by atomic mass is 16.5. The van der Waals surface area contributed by atoms with Crippen LogP contribution in [0.2, 0.25) is 0 Å². The van der Waals surface area contributed by atoms with Crippen molar-refractivity contribution >= 4 is 5.91 Å². The van der Waals surface area contributed by atoms with Crippen LogP contribution in [0, 0.1) is 0 Å².